The summed E-state index contributed by atoms with van der Waals surface area (Å²) in [5, 5.41) is 3.44. The van der Waals surface area contributed by atoms with Crippen LogP contribution in [0.4, 0.5) is 5.82 Å². The fraction of sp³-hybridized carbons (Fsp3) is 0.412. The first-order valence-corrected chi connectivity index (χ1v) is 7.47. The van der Waals surface area contributed by atoms with Gasteiger partial charge in [0.05, 0.1) is 0 Å². The molecule has 0 radical (unpaired) electrons. The summed E-state index contributed by atoms with van der Waals surface area (Å²) in [4.78, 5) is 10.9. The molecule has 0 saturated carbocycles. The van der Waals surface area contributed by atoms with Crippen LogP contribution in [-0.2, 0) is 13.1 Å². The van der Waals surface area contributed by atoms with Gasteiger partial charge in [-0.15, -0.1) is 0 Å². The van der Waals surface area contributed by atoms with E-state index in [1.54, 1.807) is 0 Å². The SMILES string of the molecule is CCCNCc1cc(C)nc(N(C)Cc2ccncc2)c1. The Labute approximate surface area is 127 Å². The highest BCUT2D eigenvalue weighted by atomic mass is 15.2. The van der Waals surface area contributed by atoms with Crippen LogP contribution in [0.5, 0.6) is 0 Å². The minimum absolute atomic E-state index is 0.834. The molecule has 0 fully saturated rings. The Morgan fingerprint density at radius 1 is 1.14 bits per heavy atom. The van der Waals surface area contributed by atoms with Crippen molar-refractivity contribution in [3.8, 4) is 0 Å². The molecule has 0 saturated heterocycles. The molecule has 4 heteroatoms. The van der Waals surface area contributed by atoms with E-state index >= 15 is 0 Å². The fourth-order valence-corrected chi connectivity index (χ4v) is 2.27. The highest BCUT2D eigenvalue weighted by molar-refractivity contribution is 5.42. The molecule has 0 aliphatic heterocycles. The molecule has 1 N–H and O–H groups in total. The molecule has 0 aromatic carbocycles. The molecule has 2 aromatic heterocycles. The summed E-state index contributed by atoms with van der Waals surface area (Å²) in [6.07, 6.45) is 4.80. The second-order valence-corrected chi connectivity index (χ2v) is 5.36. The summed E-state index contributed by atoms with van der Waals surface area (Å²) < 4.78 is 0. The average molecular weight is 284 g/mol. The zero-order chi connectivity index (χ0) is 15.1. The van der Waals surface area contributed by atoms with Gasteiger partial charge in [0.25, 0.3) is 0 Å². The number of nitrogens with zero attached hydrogens (tertiary/aromatic N) is 3. The van der Waals surface area contributed by atoms with Crippen molar-refractivity contribution in [1.82, 2.24) is 15.3 Å². The maximum Gasteiger partial charge on any atom is 0.129 e. The molecular weight excluding hydrogens is 260 g/mol. The largest absolute Gasteiger partial charge is 0.355 e. The van der Waals surface area contributed by atoms with Gasteiger partial charge in [0.15, 0.2) is 0 Å². The van der Waals surface area contributed by atoms with E-state index in [2.05, 4.69) is 46.3 Å². The summed E-state index contributed by atoms with van der Waals surface area (Å²) >= 11 is 0. The highest BCUT2D eigenvalue weighted by Gasteiger charge is 2.06. The van der Waals surface area contributed by atoms with Gasteiger partial charge in [-0.05, 0) is 55.3 Å². The maximum atomic E-state index is 4.64. The topological polar surface area (TPSA) is 41.1 Å². The van der Waals surface area contributed by atoms with Crippen LogP contribution in [-0.4, -0.2) is 23.6 Å². The van der Waals surface area contributed by atoms with Crippen LogP contribution in [0.2, 0.25) is 0 Å². The predicted molar refractivity (Wildman–Crippen MR) is 87.3 cm³/mol. The molecule has 0 amide bonds. The molecule has 21 heavy (non-hydrogen) atoms. The summed E-state index contributed by atoms with van der Waals surface area (Å²) in [5.41, 5.74) is 3.58. The van der Waals surface area contributed by atoms with Gasteiger partial charge in [0.1, 0.15) is 5.82 Å². The first kappa shape index (κ1) is 15.4. The van der Waals surface area contributed by atoms with Crippen molar-refractivity contribution in [3.05, 3.63) is 53.5 Å². The molecule has 2 rings (SSSR count). The van der Waals surface area contributed by atoms with E-state index < -0.39 is 0 Å². The zero-order valence-electron chi connectivity index (χ0n) is 13.1. The minimum atomic E-state index is 0.834. The fourth-order valence-electron chi connectivity index (χ4n) is 2.27. The van der Waals surface area contributed by atoms with Gasteiger partial charge >= 0.3 is 0 Å². The smallest absolute Gasteiger partial charge is 0.129 e. The van der Waals surface area contributed by atoms with Gasteiger partial charge in [-0.1, -0.05) is 6.92 Å². The normalized spacial score (nSPS) is 10.6. The van der Waals surface area contributed by atoms with Gasteiger partial charge in [-0.3, -0.25) is 4.98 Å². The predicted octanol–water partition coefficient (Wildman–Crippen LogP) is 2.92. The van der Waals surface area contributed by atoms with E-state index in [9.17, 15) is 0 Å². The van der Waals surface area contributed by atoms with Crippen LogP contribution in [0.1, 0.15) is 30.2 Å². The van der Waals surface area contributed by atoms with E-state index in [0.29, 0.717) is 0 Å². The molecular formula is C17H24N4. The summed E-state index contributed by atoms with van der Waals surface area (Å²) in [6.45, 7) is 7.00. The van der Waals surface area contributed by atoms with Crippen molar-refractivity contribution < 1.29 is 0 Å². The van der Waals surface area contributed by atoms with Crippen LogP contribution < -0.4 is 10.2 Å². The van der Waals surface area contributed by atoms with Gasteiger partial charge in [0.2, 0.25) is 0 Å². The highest BCUT2D eigenvalue weighted by Crippen LogP contribution is 2.16. The van der Waals surface area contributed by atoms with Crippen LogP contribution in [0.3, 0.4) is 0 Å². The second kappa shape index (κ2) is 7.74. The molecule has 2 aromatic rings. The Kier molecular flexibility index (Phi) is 5.69. The third kappa shape index (κ3) is 4.83. The van der Waals surface area contributed by atoms with E-state index in [-0.39, 0.29) is 0 Å². The Morgan fingerprint density at radius 3 is 2.62 bits per heavy atom. The number of aromatic nitrogens is 2. The van der Waals surface area contributed by atoms with Crippen molar-refractivity contribution >= 4 is 5.82 Å². The Hall–Kier alpha value is -1.94. The number of aryl methyl sites for hydroxylation is 1. The summed E-state index contributed by atoms with van der Waals surface area (Å²) in [6, 6.07) is 8.38. The molecule has 0 atom stereocenters. The van der Waals surface area contributed by atoms with Crippen LogP contribution in [0, 0.1) is 6.92 Å². The lowest BCUT2D eigenvalue weighted by atomic mass is 10.2. The van der Waals surface area contributed by atoms with Gasteiger partial charge in [-0.25, -0.2) is 4.98 Å². The molecule has 4 nitrogen and oxygen atoms in total. The molecule has 0 aliphatic rings. The summed E-state index contributed by atoms with van der Waals surface area (Å²) in [5.74, 6) is 1.01. The third-order valence-corrected chi connectivity index (χ3v) is 3.32. The average Bonchev–Trinajstić information content (AvgIpc) is 2.48. The van der Waals surface area contributed by atoms with Gasteiger partial charge in [-0.2, -0.15) is 0 Å². The molecule has 0 unspecified atom stereocenters. The Morgan fingerprint density at radius 2 is 1.90 bits per heavy atom. The molecule has 0 aliphatic carbocycles. The van der Waals surface area contributed by atoms with Crippen LogP contribution in [0.25, 0.3) is 0 Å². The first-order chi connectivity index (χ1) is 10.2. The molecule has 0 spiro atoms. The van der Waals surface area contributed by atoms with Crippen LogP contribution in [0.15, 0.2) is 36.7 Å². The molecule has 0 bridgehead atoms. The van der Waals surface area contributed by atoms with Crippen LogP contribution >= 0.6 is 0 Å². The van der Waals surface area contributed by atoms with Gasteiger partial charge in [0, 0.05) is 38.2 Å². The summed E-state index contributed by atoms with van der Waals surface area (Å²) in [7, 11) is 2.07. The minimum Gasteiger partial charge on any atom is -0.355 e. The quantitative estimate of drug-likeness (QED) is 0.794. The monoisotopic (exact) mass is 284 g/mol. The lowest BCUT2D eigenvalue weighted by Gasteiger charge is -2.19. The lowest BCUT2D eigenvalue weighted by molar-refractivity contribution is 0.674. The second-order valence-electron chi connectivity index (χ2n) is 5.36. The zero-order valence-corrected chi connectivity index (χ0v) is 13.1. The number of anilines is 1. The van der Waals surface area contributed by atoms with Crippen molar-refractivity contribution in [3.63, 3.8) is 0 Å². The number of rotatable bonds is 7. The van der Waals surface area contributed by atoms with E-state index in [0.717, 1.165) is 37.6 Å². The number of pyridine rings is 2. The first-order valence-electron chi connectivity index (χ1n) is 7.47. The molecule has 2 heterocycles. The maximum absolute atomic E-state index is 4.64. The number of hydrogen-bond donors (Lipinski definition) is 1. The van der Waals surface area contributed by atoms with Crippen molar-refractivity contribution in [1.29, 1.82) is 0 Å². The van der Waals surface area contributed by atoms with Crippen molar-refractivity contribution in [2.75, 3.05) is 18.5 Å². The van der Waals surface area contributed by atoms with Crippen molar-refractivity contribution in [2.24, 2.45) is 0 Å². The lowest BCUT2D eigenvalue weighted by Crippen LogP contribution is -2.19. The van der Waals surface area contributed by atoms with Gasteiger partial charge < -0.3 is 10.2 Å². The van der Waals surface area contributed by atoms with Crippen molar-refractivity contribution in [2.45, 2.75) is 33.4 Å². The number of nitrogens with one attached hydrogen (secondary N) is 1. The van der Waals surface area contributed by atoms with E-state index in [1.165, 1.54) is 11.1 Å². The van der Waals surface area contributed by atoms with E-state index in [1.807, 2.05) is 31.5 Å². The van der Waals surface area contributed by atoms with E-state index in [4.69, 9.17) is 0 Å². The third-order valence-electron chi connectivity index (χ3n) is 3.32. The number of hydrogen-bond acceptors (Lipinski definition) is 4. The Bertz CT molecular complexity index is 554. The Balaban J connectivity index is 2.07. The molecule has 112 valence electrons. The standard InChI is InChI=1S/C17H24N4/c1-4-7-19-12-16-10-14(2)20-17(11-16)21(3)13-15-5-8-18-9-6-15/h5-6,8-11,19H,4,7,12-13H2,1-3H3.